The predicted molar refractivity (Wildman–Crippen MR) is 54.1 cm³/mol. The van der Waals surface area contributed by atoms with E-state index in [1.54, 1.807) is 20.8 Å². The zero-order valence-corrected chi connectivity index (χ0v) is 9.64. The van der Waals surface area contributed by atoms with Gasteiger partial charge in [-0.15, -0.1) is 0 Å². The van der Waals surface area contributed by atoms with Gasteiger partial charge in [-0.25, -0.2) is 4.39 Å². The Hall–Kier alpha value is -0.840. The topological polar surface area (TPSA) is 49.4 Å². The second-order valence-electron chi connectivity index (χ2n) is 4.18. The van der Waals surface area contributed by atoms with Gasteiger partial charge in [-0.2, -0.15) is 0 Å². The van der Waals surface area contributed by atoms with Crippen molar-refractivity contribution in [2.24, 2.45) is 0 Å². The van der Waals surface area contributed by atoms with Crippen LogP contribution in [0.4, 0.5) is 4.39 Å². The summed E-state index contributed by atoms with van der Waals surface area (Å²) >= 11 is 5.09. The molecule has 1 aliphatic heterocycles. The highest BCUT2D eigenvalue weighted by atomic mass is 35.5. The molecule has 0 aromatic carbocycles. The van der Waals surface area contributed by atoms with Crippen LogP contribution in [0.25, 0.3) is 0 Å². The highest BCUT2D eigenvalue weighted by Gasteiger charge is 2.44. The van der Waals surface area contributed by atoms with Crippen LogP contribution in [-0.4, -0.2) is 40.5 Å². The van der Waals surface area contributed by atoms with Crippen LogP contribution in [0.15, 0.2) is 0 Å². The summed E-state index contributed by atoms with van der Waals surface area (Å²) < 4.78 is 12.7. The maximum absolute atomic E-state index is 12.7. The van der Waals surface area contributed by atoms with Crippen LogP contribution in [0.2, 0.25) is 0 Å². The fraction of sp³-hybridized carbons (Fsp3) is 0.778. The standard InChI is InChI=1S/C9H14ClFN2O2/c1-5-4-13(7(14)6(10)11)9(2,3)8(15)12-5/h5-6H,4H2,1-3H3,(H,12,15). The van der Waals surface area contributed by atoms with Crippen LogP contribution < -0.4 is 5.32 Å². The fourth-order valence-corrected chi connectivity index (χ4v) is 1.67. The lowest BCUT2D eigenvalue weighted by Crippen LogP contribution is -2.67. The van der Waals surface area contributed by atoms with E-state index in [9.17, 15) is 14.0 Å². The third kappa shape index (κ3) is 2.22. The van der Waals surface area contributed by atoms with Gasteiger partial charge in [0, 0.05) is 12.6 Å². The first-order chi connectivity index (χ1) is 6.76. The van der Waals surface area contributed by atoms with Crippen molar-refractivity contribution in [3.8, 4) is 0 Å². The second-order valence-corrected chi connectivity index (χ2v) is 4.57. The fourth-order valence-electron chi connectivity index (χ4n) is 1.55. The molecular weight excluding hydrogens is 223 g/mol. The summed E-state index contributed by atoms with van der Waals surface area (Å²) in [7, 11) is 0. The number of carbonyl (C=O) groups is 2. The molecule has 2 amide bonds. The maximum Gasteiger partial charge on any atom is 0.273 e. The first-order valence-electron chi connectivity index (χ1n) is 4.67. The van der Waals surface area contributed by atoms with Gasteiger partial charge in [0.15, 0.2) is 0 Å². The Labute approximate surface area is 92.8 Å². The van der Waals surface area contributed by atoms with Gasteiger partial charge in [-0.3, -0.25) is 9.59 Å². The smallest absolute Gasteiger partial charge is 0.273 e. The number of hydrogen-bond donors (Lipinski definition) is 1. The Bertz CT molecular complexity index is 294. The van der Waals surface area contributed by atoms with Gasteiger partial charge in [-0.1, -0.05) is 11.6 Å². The molecule has 0 saturated carbocycles. The second kappa shape index (κ2) is 3.96. The molecule has 0 bridgehead atoms. The molecule has 1 aliphatic rings. The van der Waals surface area contributed by atoms with Crippen molar-refractivity contribution < 1.29 is 14.0 Å². The van der Waals surface area contributed by atoms with E-state index in [0.29, 0.717) is 0 Å². The van der Waals surface area contributed by atoms with Crippen LogP contribution >= 0.6 is 11.6 Å². The number of hydrogen-bond acceptors (Lipinski definition) is 2. The van der Waals surface area contributed by atoms with Crippen molar-refractivity contribution in [2.45, 2.75) is 38.0 Å². The lowest BCUT2D eigenvalue weighted by Gasteiger charge is -2.43. The monoisotopic (exact) mass is 236 g/mol. The van der Waals surface area contributed by atoms with Crippen molar-refractivity contribution in [3.05, 3.63) is 0 Å². The Morgan fingerprint density at radius 3 is 2.73 bits per heavy atom. The van der Waals surface area contributed by atoms with E-state index in [1.807, 2.05) is 0 Å². The highest BCUT2D eigenvalue weighted by Crippen LogP contribution is 2.22. The minimum atomic E-state index is -2.10. The maximum atomic E-state index is 12.7. The number of amides is 2. The van der Waals surface area contributed by atoms with Crippen LogP contribution in [0.3, 0.4) is 0 Å². The molecule has 0 spiro atoms. The minimum Gasteiger partial charge on any atom is -0.350 e. The molecule has 0 aliphatic carbocycles. The van der Waals surface area contributed by atoms with Gasteiger partial charge in [0.25, 0.3) is 11.5 Å². The Morgan fingerprint density at radius 1 is 1.73 bits per heavy atom. The number of halogens is 2. The molecule has 1 N–H and O–H groups in total. The van der Waals surface area contributed by atoms with Crippen LogP contribution in [-0.2, 0) is 9.59 Å². The lowest BCUT2D eigenvalue weighted by atomic mass is 9.96. The van der Waals surface area contributed by atoms with Crippen molar-refractivity contribution in [2.75, 3.05) is 6.54 Å². The molecule has 2 atom stereocenters. The van der Waals surface area contributed by atoms with E-state index < -0.39 is 17.1 Å². The van der Waals surface area contributed by atoms with Crippen molar-refractivity contribution in [3.63, 3.8) is 0 Å². The van der Waals surface area contributed by atoms with Crippen molar-refractivity contribution in [1.82, 2.24) is 10.2 Å². The first kappa shape index (κ1) is 12.2. The van der Waals surface area contributed by atoms with Crippen LogP contribution in [0.5, 0.6) is 0 Å². The van der Waals surface area contributed by atoms with E-state index in [2.05, 4.69) is 5.32 Å². The first-order valence-corrected chi connectivity index (χ1v) is 5.11. The molecule has 15 heavy (non-hydrogen) atoms. The zero-order chi connectivity index (χ0) is 11.8. The Balaban J connectivity index is 2.94. The highest BCUT2D eigenvalue weighted by molar-refractivity contribution is 6.29. The van der Waals surface area contributed by atoms with Gasteiger partial charge in [-0.05, 0) is 20.8 Å². The Morgan fingerprint density at radius 2 is 2.27 bits per heavy atom. The normalized spacial score (nSPS) is 27.1. The molecular formula is C9H14ClFN2O2. The summed E-state index contributed by atoms with van der Waals surface area (Å²) in [5, 5.41) is 2.69. The number of rotatable bonds is 1. The number of carbonyl (C=O) groups excluding carboxylic acids is 2. The molecule has 4 nitrogen and oxygen atoms in total. The predicted octanol–water partition coefficient (Wildman–Crippen LogP) is 0.646. The molecule has 1 heterocycles. The van der Waals surface area contributed by atoms with E-state index >= 15 is 0 Å². The molecule has 1 rings (SSSR count). The summed E-state index contributed by atoms with van der Waals surface area (Å²) in [6, 6.07) is -0.190. The lowest BCUT2D eigenvalue weighted by molar-refractivity contribution is -0.152. The Kier molecular flexibility index (Phi) is 3.23. The summed E-state index contributed by atoms with van der Waals surface area (Å²) in [5.74, 6) is -1.16. The minimum absolute atomic E-state index is 0.190. The third-order valence-electron chi connectivity index (χ3n) is 2.52. The average Bonchev–Trinajstić information content (AvgIpc) is 2.10. The van der Waals surface area contributed by atoms with E-state index in [-0.39, 0.29) is 18.5 Å². The molecule has 0 aromatic heterocycles. The summed E-state index contributed by atoms with van der Waals surface area (Å²) in [6.07, 6.45) is 0. The van der Waals surface area contributed by atoms with Crippen molar-refractivity contribution >= 4 is 23.4 Å². The largest absolute Gasteiger partial charge is 0.350 e. The number of nitrogens with one attached hydrogen (secondary N) is 1. The van der Waals surface area contributed by atoms with Gasteiger partial charge in [0.2, 0.25) is 5.91 Å². The van der Waals surface area contributed by atoms with Gasteiger partial charge >= 0.3 is 0 Å². The van der Waals surface area contributed by atoms with Crippen LogP contribution in [0, 0.1) is 0 Å². The molecule has 2 unspecified atom stereocenters. The number of alkyl halides is 2. The molecule has 6 heteroatoms. The third-order valence-corrected chi connectivity index (χ3v) is 2.70. The zero-order valence-electron chi connectivity index (χ0n) is 8.88. The molecule has 0 radical (unpaired) electrons. The number of nitrogens with zero attached hydrogens (tertiary/aromatic N) is 1. The van der Waals surface area contributed by atoms with Crippen LogP contribution in [0.1, 0.15) is 20.8 Å². The van der Waals surface area contributed by atoms with E-state index in [4.69, 9.17) is 11.6 Å². The quantitative estimate of drug-likeness (QED) is 0.680. The summed E-state index contributed by atoms with van der Waals surface area (Å²) in [5.41, 5.74) is -3.15. The van der Waals surface area contributed by atoms with E-state index in [1.165, 1.54) is 4.90 Å². The summed E-state index contributed by atoms with van der Waals surface area (Å²) in [6.45, 7) is 5.14. The molecule has 0 aromatic rings. The SMILES string of the molecule is CC1CN(C(=O)C(F)Cl)C(C)(C)C(=O)N1. The van der Waals surface area contributed by atoms with Gasteiger partial charge < -0.3 is 10.2 Å². The summed E-state index contributed by atoms with van der Waals surface area (Å²) in [4.78, 5) is 24.2. The van der Waals surface area contributed by atoms with E-state index in [0.717, 1.165) is 0 Å². The average molecular weight is 237 g/mol. The molecule has 1 fully saturated rings. The van der Waals surface area contributed by atoms with Gasteiger partial charge in [0.05, 0.1) is 0 Å². The van der Waals surface area contributed by atoms with Crippen molar-refractivity contribution in [1.29, 1.82) is 0 Å². The molecule has 86 valence electrons. The van der Waals surface area contributed by atoms with Gasteiger partial charge in [0.1, 0.15) is 5.54 Å². The molecule has 1 saturated heterocycles. The number of piperazine rings is 1.